The van der Waals surface area contributed by atoms with E-state index in [2.05, 4.69) is 5.32 Å². The van der Waals surface area contributed by atoms with Crippen molar-refractivity contribution in [2.24, 2.45) is 0 Å². The first kappa shape index (κ1) is 19.3. The van der Waals surface area contributed by atoms with Gasteiger partial charge in [0.05, 0.1) is 10.9 Å². The van der Waals surface area contributed by atoms with E-state index in [1.807, 2.05) is 36.5 Å². The number of nitrogens with one attached hydrogen (secondary N) is 1. The Morgan fingerprint density at radius 2 is 1.85 bits per heavy atom. The lowest BCUT2D eigenvalue weighted by molar-refractivity contribution is 0.0909. The molecule has 3 aromatic rings. The summed E-state index contributed by atoms with van der Waals surface area (Å²) in [7, 11) is 0.0919. The second-order valence-electron chi connectivity index (χ2n) is 6.14. The molecule has 6 nitrogen and oxygen atoms in total. The summed E-state index contributed by atoms with van der Waals surface area (Å²) in [5, 5.41) is 4.55. The van der Waals surface area contributed by atoms with Gasteiger partial charge in [0.1, 0.15) is 0 Å². The number of carbonyl (C=O) groups is 1. The number of benzene rings is 1. The van der Waals surface area contributed by atoms with Crippen LogP contribution in [0.25, 0.3) is 0 Å². The van der Waals surface area contributed by atoms with Crippen LogP contribution >= 0.6 is 11.3 Å². The molecule has 1 unspecified atom stereocenters. The Bertz CT molecular complexity index is 994. The molecule has 0 fully saturated rings. The Kier molecular flexibility index (Phi) is 5.79. The van der Waals surface area contributed by atoms with Gasteiger partial charge in [0.25, 0.3) is 5.91 Å². The van der Waals surface area contributed by atoms with Crippen molar-refractivity contribution < 1.29 is 17.6 Å². The maximum atomic E-state index is 12.5. The molecule has 1 atom stereocenters. The van der Waals surface area contributed by atoms with E-state index in [0.29, 0.717) is 6.54 Å². The summed E-state index contributed by atoms with van der Waals surface area (Å²) in [6.07, 6.45) is 0. The number of hydrogen-bond acceptors (Lipinski definition) is 6. The Labute approximate surface area is 162 Å². The summed E-state index contributed by atoms with van der Waals surface area (Å²) >= 11 is 1.62. The third-order valence-electron chi connectivity index (χ3n) is 4.07. The fourth-order valence-corrected chi connectivity index (χ4v) is 4.71. The van der Waals surface area contributed by atoms with Gasteiger partial charge in [-0.15, -0.1) is 11.3 Å². The zero-order chi connectivity index (χ0) is 19.4. The summed E-state index contributed by atoms with van der Waals surface area (Å²) in [4.78, 5) is 15.7. The second-order valence-corrected chi connectivity index (χ2v) is 9.00. The highest BCUT2D eigenvalue weighted by atomic mass is 32.2. The van der Waals surface area contributed by atoms with Crippen molar-refractivity contribution in [1.82, 2.24) is 10.2 Å². The van der Waals surface area contributed by atoms with Crippen molar-refractivity contribution in [2.75, 3.05) is 20.6 Å². The number of carbonyl (C=O) groups excluding carboxylic acids is 1. The minimum absolute atomic E-state index is 0.0245. The number of nitrogens with zero attached hydrogens (tertiary/aromatic N) is 1. The molecule has 8 heteroatoms. The molecular weight excluding hydrogens is 384 g/mol. The van der Waals surface area contributed by atoms with Crippen LogP contribution in [0, 0.1) is 0 Å². The molecule has 0 saturated heterocycles. The molecule has 2 heterocycles. The zero-order valence-electron chi connectivity index (χ0n) is 15.0. The molecule has 2 aromatic heterocycles. The number of hydrogen-bond donors (Lipinski definition) is 1. The molecule has 0 aliphatic rings. The maximum absolute atomic E-state index is 12.5. The Morgan fingerprint density at radius 1 is 1.11 bits per heavy atom. The minimum Gasteiger partial charge on any atom is -0.439 e. The fraction of sp³-hybridized carbons (Fsp3) is 0.211. The predicted molar refractivity (Wildman–Crippen MR) is 104 cm³/mol. The van der Waals surface area contributed by atoms with Gasteiger partial charge in [-0.1, -0.05) is 24.3 Å². The molecular formula is C19H20N2O4S2. The topological polar surface area (TPSA) is 79.6 Å². The monoisotopic (exact) mass is 404 g/mol. The minimum atomic E-state index is -3.79. The van der Waals surface area contributed by atoms with E-state index in [1.165, 1.54) is 24.3 Å². The Balaban J connectivity index is 1.72. The molecule has 0 bridgehead atoms. The first-order valence-electron chi connectivity index (χ1n) is 8.27. The van der Waals surface area contributed by atoms with Crippen LogP contribution in [0.1, 0.15) is 21.5 Å². The van der Waals surface area contributed by atoms with Gasteiger partial charge in [-0.05, 0) is 49.8 Å². The number of sulfone groups is 1. The standard InChI is InChI=1S/C19H20N2O4S2/c1-21(2)15(17-9-6-12-26-17)13-20-19(22)16-10-11-18(25-16)27(23,24)14-7-4-3-5-8-14/h3-12,15H,13H2,1-2H3,(H,20,22). The van der Waals surface area contributed by atoms with Gasteiger partial charge in [0.2, 0.25) is 14.9 Å². The van der Waals surface area contributed by atoms with Crippen LogP contribution in [0.5, 0.6) is 0 Å². The number of amides is 1. The van der Waals surface area contributed by atoms with Gasteiger partial charge >= 0.3 is 0 Å². The van der Waals surface area contributed by atoms with Crippen LogP contribution in [-0.2, 0) is 9.84 Å². The van der Waals surface area contributed by atoms with Crippen molar-refractivity contribution in [3.05, 3.63) is 70.6 Å². The van der Waals surface area contributed by atoms with E-state index in [1.54, 1.807) is 29.5 Å². The first-order valence-corrected chi connectivity index (χ1v) is 10.6. The number of likely N-dealkylation sites (N-methyl/N-ethyl adjacent to an activating group) is 1. The fourth-order valence-electron chi connectivity index (χ4n) is 2.60. The Hall–Kier alpha value is -2.42. The van der Waals surface area contributed by atoms with Crippen LogP contribution in [0.4, 0.5) is 0 Å². The SMILES string of the molecule is CN(C)C(CNC(=O)c1ccc(S(=O)(=O)c2ccccc2)o1)c1cccs1. The van der Waals surface area contributed by atoms with Gasteiger partial charge in [-0.2, -0.15) is 0 Å². The molecule has 1 amide bonds. The highest BCUT2D eigenvalue weighted by Gasteiger charge is 2.24. The van der Waals surface area contributed by atoms with Gasteiger partial charge in [-0.25, -0.2) is 8.42 Å². The lowest BCUT2D eigenvalue weighted by Crippen LogP contribution is -2.34. The molecule has 1 N–H and O–H groups in total. The lowest BCUT2D eigenvalue weighted by Gasteiger charge is -2.23. The van der Waals surface area contributed by atoms with Crippen LogP contribution in [0.3, 0.4) is 0 Å². The highest BCUT2D eigenvalue weighted by molar-refractivity contribution is 7.91. The number of furan rings is 1. The summed E-state index contributed by atoms with van der Waals surface area (Å²) in [5.74, 6) is -0.485. The molecule has 3 rings (SSSR count). The van der Waals surface area contributed by atoms with Crippen LogP contribution in [0.15, 0.2) is 74.4 Å². The summed E-state index contributed by atoms with van der Waals surface area (Å²) in [6.45, 7) is 0.383. The number of rotatable bonds is 7. The summed E-state index contributed by atoms with van der Waals surface area (Å²) in [5.41, 5.74) is 0. The van der Waals surface area contributed by atoms with Crippen molar-refractivity contribution in [2.45, 2.75) is 16.0 Å². The van der Waals surface area contributed by atoms with Crippen molar-refractivity contribution >= 4 is 27.1 Å². The molecule has 0 spiro atoms. The smallest absolute Gasteiger partial charge is 0.287 e. The van der Waals surface area contributed by atoms with Gasteiger partial charge in [0, 0.05) is 11.4 Å². The molecule has 0 saturated carbocycles. The van der Waals surface area contributed by atoms with Gasteiger partial charge in [-0.3, -0.25) is 4.79 Å². The predicted octanol–water partition coefficient (Wildman–Crippen LogP) is 3.21. The Morgan fingerprint density at radius 3 is 2.48 bits per heavy atom. The summed E-state index contributed by atoms with van der Waals surface area (Å²) in [6, 6.07) is 14.7. The van der Waals surface area contributed by atoms with Crippen molar-refractivity contribution in [1.29, 1.82) is 0 Å². The first-order chi connectivity index (χ1) is 12.9. The van der Waals surface area contributed by atoms with E-state index in [0.717, 1.165) is 4.88 Å². The molecule has 1 aromatic carbocycles. The molecule has 0 aliphatic heterocycles. The third-order valence-corrected chi connectivity index (χ3v) is 6.69. The van der Waals surface area contributed by atoms with E-state index < -0.39 is 15.7 Å². The van der Waals surface area contributed by atoms with Gasteiger partial charge < -0.3 is 14.6 Å². The van der Waals surface area contributed by atoms with Crippen LogP contribution < -0.4 is 5.32 Å². The number of thiophene rings is 1. The quantitative estimate of drug-likeness (QED) is 0.654. The molecule has 142 valence electrons. The van der Waals surface area contributed by atoms with Crippen molar-refractivity contribution in [3.63, 3.8) is 0 Å². The average molecular weight is 405 g/mol. The van der Waals surface area contributed by atoms with Crippen LogP contribution in [-0.4, -0.2) is 39.9 Å². The average Bonchev–Trinajstić information content (AvgIpc) is 3.34. The van der Waals surface area contributed by atoms with E-state index in [-0.39, 0.29) is 21.8 Å². The van der Waals surface area contributed by atoms with Gasteiger partial charge in [0.15, 0.2) is 5.76 Å². The van der Waals surface area contributed by atoms with E-state index in [4.69, 9.17) is 4.42 Å². The summed E-state index contributed by atoms with van der Waals surface area (Å²) < 4.78 is 30.4. The van der Waals surface area contributed by atoms with E-state index in [9.17, 15) is 13.2 Å². The molecule has 27 heavy (non-hydrogen) atoms. The third kappa shape index (κ3) is 4.29. The molecule has 0 aliphatic carbocycles. The normalized spacial score (nSPS) is 12.9. The van der Waals surface area contributed by atoms with E-state index >= 15 is 0 Å². The second kappa shape index (κ2) is 8.08. The maximum Gasteiger partial charge on any atom is 0.287 e. The van der Waals surface area contributed by atoms with Crippen molar-refractivity contribution in [3.8, 4) is 0 Å². The lowest BCUT2D eigenvalue weighted by atomic mass is 10.2. The van der Waals surface area contributed by atoms with Crippen LogP contribution in [0.2, 0.25) is 0 Å². The largest absolute Gasteiger partial charge is 0.439 e. The molecule has 0 radical (unpaired) electrons. The highest BCUT2D eigenvalue weighted by Crippen LogP contribution is 2.24. The zero-order valence-corrected chi connectivity index (χ0v) is 16.6.